The Morgan fingerprint density at radius 1 is 0.947 bits per heavy atom. The van der Waals surface area contributed by atoms with E-state index in [2.05, 4.69) is 4.90 Å². The van der Waals surface area contributed by atoms with Crippen molar-refractivity contribution >= 4 is 5.91 Å². The van der Waals surface area contributed by atoms with Gasteiger partial charge in [-0.3, -0.25) is 9.69 Å². The highest BCUT2D eigenvalue weighted by Gasteiger charge is 2.27. The third kappa shape index (κ3) is 4.80. The Labute approximate surface area is 219 Å². The summed E-state index contributed by atoms with van der Waals surface area (Å²) in [5, 5.41) is 4.73. The Bertz CT molecular complexity index is 1460. The van der Waals surface area contributed by atoms with E-state index in [1.165, 1.54) is 12.1 Å². The van der Waals surface area contributed by atoms with E-state index in [4.69, 9.17) is 19.3 Å². The van der Waals surface area contributed by atoms with E-state index in [9.17, 15) is 9.18 Å². The van der Waals surface area contributed by atoms with Gasteiger partial charge in [0.1, 0.15) is 17.3 Å². The molecule has 0 unspecified atom stereocenters. The second-order valence-corrected chi connectivity index (χ2v) is 9.29. The van der Waals surface area contributed by atoms with Gasteiger partial charge < -0.3 is 19.1 Å². The van der Waals surface area contributed by atoms with Crippen LogP contribution in [0.15, 0.2) is 72.8 Å². The van der Waals surface area contributed by atoms with E-state index >= 15 is 0 Å². The molecule has 3 aromatic carbocycles. The number of methoxy groups -OCH3 is 1. The standard InChI is InChI=1S/C29H27FN4O4/c1-36-24-4-2-3-21(16-24)25-17-26(34(31-25)23-8-6-22(30)7-9-23)29(35)33-13-11-32(12-14-33)18-20-5-10-27-28(15-20)38-19-37-27/h2-10,15-17H,11-14,18-19H2,1H3. The lowest BCUT2D eigenvalue weighted by Crippen LogP contribution is -2.48. The summed E-state index contributed by atoms with van der Waals surface area (Å²) in [7, 11) is 1.61. The molecule has 1 fully saturated rings. The Morgan fingerprint density at radius 2 is 1.74 bits per heavy atom. The molecule has 0 aliphatic carbocycles. The Hall–Kier alpha value is -4.37. The molecule has 194 valence electrons. The molecule has 0 spiro atoms. The molecule has 0 bridgehead atoms. The van der Waals surface area contributed by atoms with Crippen LogP contribution >= 0.6 is 0 Å². The normalized spacial score (nSPS) is 15.1. The van der Waals surface area contributed by atoms with Crippen molar-refractivity contribution in [3.63, 3.8) is 0 Å². The van der Waals surface area contributed by atoms with Crippen molar-refractivity contribution < 1.29 is 23.4 Å². The monoisotopic (exact) mass is 514 g/mol. The van der Waals surface area contributed by atoms with Crippen LogP contribution in [0.5, 0.6) is 17.2 Å². The highest BCUT2D eigenvalue weighted by Crippen LogP contribution is 2.33. The molecule has 3 heterocycles. The van der Waals surface area contributed by atoms with Crippen LogP contribution in [0.25, 0.3) is 16.9 Å². The van der Waals surface area contributed by atoms with Crippen LogP contribution in [-0.2, 0) is 6.54 Å². The average Bonchev–Trinajstić information content (AvgIpc) is 3.61. The number of amides is 1. The summed E-state index contributed by atoms with van der Waals surface area (Å²) in [5.74, 6) is 1.79. The zero-order valence-corrected chi connectivity index (χ0v) is 21.0. The van der Waals surface area contributed by atoms with E-state index in [-0.39, 0.29) is 18.5 Å². The zero-order valence-electron chi connectivity index (χ0n) is 21.0. The maximum Gasteiger partial charge on any atom is 0.272 e. The first kappa shape index (κ1) is 24.0. The first-order valence-electron chi connectivity index (χ1n) is 12.5. The third-order valence-electron chi connectivity index (χ3n) is 6.87. The van der Waals surface area contributed by atoms with Gasteiger partial charge in [-0.15, -0.1) is 0 Å². The van der Waals surface area contributed by atoms with Crippen molar-refractivity contribution in [2.75, 3.05) is 40.1 Å². The van der Waals surface area contributed by atoms with Crippen molar-refractivity contribution in [1.29, 1.82) is 0 Å². The number of benzene rings is 3. The van der Waals surface area contributed by atoms with Crippen LogP contribution in [0, 0.1) is 5.82 Å². The van der Waals surface area contributed by atoms with E-state index in [0.29, 0.717) is 35.9 Å². The molecule has 6 rings (SSSR count). The second kappa shape index (κ2) is 10.2. The van der Waals surface area contributed by atoms with Gasteiger partial charge in [-0.05, 0) is 60.2 Å². The number of hydrogen-bond donors (Lipinski definition) is 0. The number of carbonyl (C=O) groups is 1. The first-order valence-corrected chi connectivity index (χ1v) is 12.5. The van der Waals surface area contributed by atoms with Crippen molar-refractivity contribution in [1.82, 2.24) is 19.6 Å². The van der Waals surface area contributed by atoms with Crippen LogP contribution in [-0.4, -0.2) is 65.6 Å². The molecule has 38 heavy (non-hydrogen) atoms. The SMILES string of the molecule is COc1cccc(-c2cc(C(=O)N3CCN(Cc4ccc5c(c4)OCO5)CC3)n(-c3ccc(F)cc3)n2)c1. The summed E-state index contributed by atoms with van der Waals surface area (Å²) < 4.78 is 31.5. The zero-order chi connectivity index (χ0) is 26.1. The van der Waals surface area contributed by atoms with E-state index in [0.717, 1.165) is 42.3 Å². The number of carbonyl (C=O) groups excluding carboxylic acids is 1. The minimum absolute atomic E-state index is 0.112. The molecule has 0 N–H and O–H groups in total. The summed E-state index contributed by atoms with van der Waals surface area (Å²) in [6, 6.07) is 21.3. The molecule has 2 aliphatic heterocycles. The second-order valence-electron chi connectivity index (χ2n) is 9.29. The molecule has 0 atom stereocenters. The molecule has 0 radical (unpaired) electrons. The van der Waals surface area contributed by atoms with Crippen molar-refractivity contribution in [2.24, 2.45) is 0 Å². The summed E-state index contributed by atoms with van der Waals surface area (Å²) >= 11 is 0. The highest BCUT2D eigenvalue weighted by molar-refractivity contribution is 5.94. The number of piperazine rings is 1. The molecule has 8 nitrogen and oxygen atoms in total. The average molecular weight is 515 g/mol. The molecular formula is C29H27FN4O4. The maximum absolute atomic E-state index is 13.7. The molecule has 0 saturated carbocycles. The van der Waals surface area contributed by atoms with Crippen LogP contribution in [0.3, 0.4) is 0 Å². The Kier molecular flexibility index (Phi) is 6.43. The third-order valence-corrected chi connectivity index (χ3v) is 6.87. The summed E-state index contributed by atoms with van der Waals surface area (Å²) in [6.07, 6.45) is 0. The van der Waals surface area contributed by atoms with Gasteiger partial charge in [0.05, 0.1) is 18.5 Å². The fourth-order valence-electron chi connectivity index (χ4n) is 4.80. The molecule has 2 aliphatic rings. The maximum atomic E-state index is 13.7. The van der Waals surface area contributed by atoms with Crippen LogP contribution in [0.2, 0.25) is 0 Å². The molecular weight excluding hydrogens is 487 g/mol. The van der Waals surface area contributed by atoms with Gasteiger partial charge >= 0.3 is 0 Å². The fourth-order valence-corrected chi connectivity index (χ4v) is 4.80. The predicted molar refractivity (Wildman–Crippen MR) is 139 cm³/mol. The minimum Gasteiger partial charge on any atom is -0.497 e. The van der Waals surface area contributed by atoms with E-state index < -0.39 is 0 Å². The number of halogens is 1. The van der Waals surface area contributed by atoms with Crippen molar-refractivity contribution in [2.45, 2.75) is 6.54 Å². The van der Waals surface area contributed by atoms with Gasteiger partial charge in [-0.25, -0.2) is 9.07 Å². The number of fused-ring (bicyclic) bond motifs is 1. The van der Waals surface area contributed by atoms with Gasteiger partial charge in [-0.2, -0.15) is 5.10 Å². The quantitative estimate of drug-likeness (QED) is 0.381. The topological polar surface area (TPSA) is 69.1 Å². The van der Waals surface area contributed by atoms with Crippen LogP contribution in [0.4, 0.5) is 4.39 Å². The highest BCUT2D eigenvalue weighted by atomic mass is 19.1. The predicted octanol–water partition coefficient (Wildman–Crippen LogP) is 4.37. The number of aromatic nitrogens is 2. The lowest BCUT2D eigenvalue weighted by molar-refractivity contribution is 0.0619. The van der Waals surface area contributed by atoms with E-state index in [1.54, 1.807) is 30.0 Å². The van der Waals surface area contributed by atoms with Crippen LogP contribution in [0.1, 0.15) is 16.1 Å². The minimum atomic E-state index is -0.347. The van der Waals surface area contributed by atoms with Gasteiger partial charge in [-0.1, -0.05) is 18.2 Å². The van der Waals surface area contributed by atoms with Crippen molar-refractivity contribution in [3.8, 4) is 34.2 Å². The number of rotatable bonds is 6. The molecule has 4 aromatic rings. The van der Waals surface area contributed by atoms with Crippen LogP contribution < -0.4 is 14.2 Å². The van der Waals surface area contributed by atoms with E-state index in [1.807, 2.05) is 47.4 Å². The summed E-state index contributed by atoms with van der Waals surface area (Å²) in [4.78, 5) is 17.9. The molecule has 9 heteroatoms. The van der Waals surface area contributed by atoms with Gasteiger partial charge in [0.2, 0.25) is 6.79 Å². The molecule has 1 amide bonds. The fraction of sp³-hybridized carbons (Fsp3) is 0.241. The lowest BCUT2D eigenvalue weighted by Gasteiger charge is -2.34. The van der Waals surface area contributed by atoms with Gasteiger partial charge in [0.15, 0.2) is 11.5 Å². The number of nitrogens with zero attached hydrogens (tertiary/aromatic N) is 4. The lowest BCUT2D eigenvalue weighted by atomic mass is 10.1. The first-order chi connectivity index (χ1) is 18.6. The molecule has 1 aromatic heterocycles. The Balaban J connectivity index is 1.21. The largest absolute Gasteiger partial charge is 0.497 e. The summed E-state index contributed by atoms with van der Waals surface area (Å²) in [5.41, 5.74) is 3.65. The van der Waals surface area contributed by atoms with Gasteiger partial charge in [0, 0.05) is 38.3 Å². The smallest absolute Gasteiger partial charge is 0.272 e. The van der Waals surface area contributed by atoms with Gasteiger partial charge in [0.25, 0.3) is 5.91 Å². The molecule has 1 saturated heterocycles. The Morgan fingerprint density at radius 3 is 2.53 bits per heavy atom. The van der Waals surface area contributed by atoms with Crippen molar-refractivity contribution in [3.05, 3.63) is 89.9 Å². The summed E-state index contributed by atoms with van der Waals surface area (Å²) in [6.45, 7) is 3.69. The number of hydrogen-bond acceptors (Lipinski definition) is 6. The number of ether oxygens (including phenoxy) is 3.